The van der Waals surface area contributed by atoms with E-state index in [0.29, 0.717) is 5.56 Å². The van der Waals surface area contributed by atoms with Crippen molar-refractivity contribution in [2.75, 3.05) is 17.2 Å². The van der Waals surface area contributed by atoms with Crippen molar-refractivity contribution in [3.8, 4) is 0 Å². The topological polar surface area (TPSA) is 66.9 Å². The highest BCUT2D eigenvalue weighted by Crippen LogP contribution is 2.39. The van der Waals surface area contributed by atoms with Gasteiger partial charge in [0.1, 0.15) is 24.5 Å². The number of aromatic nitrogens is 2. The van der Waals surface area contributed by atoms with Gasteiger partial charge in [0.25, 0.3) is 0 Å². The van der Waals surface area contributed by atoms with Gasteiger partial charge in [0.05, 0.1) is 11.0 Å². The lowest BCUT2D eigenvalue weighted by Crippen LogP contribution is -2.29. The molecule has 0 spiro atoms. The Kier molecular flexibility index (Phi) is 2.67. The fraction of sp³-hybridized carbons (Fsp3) is 0.500. The van der Waals surface area contributed by atoms with Crippen molar-refractivity contribution >= 4 is 17.5 Å². The minimum absolute atomic E-state index is 0.0284. The van der Waals surface area contributed by atoms with Gasteiger partial charge >= 0.3 is 6.18 Å². The van der Waals surface area contributed by atoms with E-state index in [1.54, 1.807) is 13.8 Å². The molecular formula is C10H11F3N4O. The van der Waals surface area contributed by atoms with Gasteiger partial charge in [-0.05, 0) is 13.8 Å². The molecule has 0 aromatic carbocycles. The van der Waals surface area contributed by atoms with Crippen molar-refractivity contribution < 1.29 is 18.0 Å². The zero-order chi connectivity index (χ0) is 13.6. The van der Waals surface area contributed by atoms with Crippen LogP contribution in [0.3, 0.4) is 0 Å². The van der Waals surface area contributed by atoms with Crippen molar-refractivity contribution in [3.63, 3.8) is 0 Å². The smallest absolute Gasteiger partial charge is 0.361 e. The first-order valence-corrected chi connectivity index (χ1v) is 5.19. The van der Waals surface area contributed by atoms with E-state index in [-0.39, 0.29) is 17.5 Å². The van der Waals surface area contributed by atoms with Crippen LogP contribution in [0.5, 0.6) is 0 Å². The van der Waals surface area contributed by atoms with E-state index in [0.717, 1.165) is 6.33 Å². The van der Waals surface area contributed by atoms with Gasteiger partial charge in [0.2, 0.25) is 5.91 Å². The Labute approximate surface area is 101 Å². The Morgan fingerprint density at radius 2 is 2.06 bits per heavy atom. The van der Waals surface area contributed by atoms with E-state index in [4.69, 9.17) is 0 Å². The number of fused-ring (bicyclic) bond motifs is 1. The maximum Gasteiger partial charge on any atom is 0.405 e. The second-order valence-electron chi connectivity index (χ2n) is 4.49. The lowest BCUT2D eigenvalue weighted by molar-refractivity contribution is -0.119. The Bertz CT molecular complexity index is 498. The summed E-state index contributed by atoms with van der Waals surface area (Å²) in [5.41, 5.74) is -0.593. The SMILES string of the molecule is CC1(C)C(=O)Nc2ncnc(NCC(F)(F)F)c21. The molecule has 1 aliphatic heterocycles. The van der Waals surface area contributed by atoms with Crippen LogP contribution < -0.4 is 10.6 Å². The number of nitrogens with zero attached hydrogens (tertiary/aromatic N) is 2. The molecule has 18 heavy (non-hydrogen) atoms. The van der Waals surface area contributed by atoms with Crippen LogP contribution in [-0.2, 0) is 10.2 Å². The first kappa shape index (κ1) is 12.6. The first-order chi connectivity index (χ1) is 8.22. The second kappa shape index (κ2) is 3.82. The number of anilines is 2. The summed E-state index contributed by atoms with van der Waals surface area (Å²) >= 11 is 0. The summed E-state index contributed by atoms with van der Waals surface area (Å²) in [6, 6.07) is 0. The van der Waals surface area contributed by atoms with Gasteiger partial charge < -0.3 is 10.6 Å². The van der Waals surface area contributed by atoms with Crippen molar-refractivity contribution in [1.82, 2.24) is 9.97 Å². The molecule has 0 unspecified atom stereocenters. The molecule has 8 heteroatoms. The largest absolute Gasteiger partial charge is 0.405 e. The van der Waals surface area contributed by atoms with E-state index < -0.39 is 18.1 Å². The molecule has 2 N–H and O–H groups in total. The quantitative estimate of drug-likeness (QED) is 0.849. The van der Waals surface area contributed by atoms with E-state index in [9.17, 15) is 18.0 Å². The fourth-order valence-corrected chi connectivity index (χ4v) is 1.77. The molecule has 0 saturated heterocycles. The summed E-state index contributed by atoms with van der Waals surface area (Å²) in [6.07, 6.45) is -3.24. The summed E-state index contributed by atoms with van der Waals surface area (Å²) in [5, 5.41) is 4.71. The van der Waals surface area contributed by atoms with Gasteiger partial charge in [-0.2, -0.15) is 13.2 Å². The molecule has 0 radical (unpaired) electrons. The fourth-order valence-electron chi connectivity index (χ4n) is 1.77. The standard InChI is InChI=1S/C10H11F3N4O/c1-9(2)5-6(14-3-10(11,12)13)15-4-16-7(5)17-8(9)18/h4H,3H2,1-2H3,(H2,14,15,16,17,18). The van der Waals surface area contributed by atoms with Crippen LogP contribution in [0.15, 0.2) is 6.33 Å². The Hall–Kier alpha value is -1.86. The summed E-state index contributed by atoms with van der Waals surface area (Å²) in [7, 11) is 0. The Morgan fingerprint density at radius 1 is 1.39 bits per heavy atom. The summed E-state index contributed by atoms with van der Waals surface area (Å²) in [6.45, 7) is 2.01. The second-order valence-corrected chi connectivity index (χ2v) is 4.49. The number of halogens is 3. The number of carbonyl (C=O) groups is 1. The number of rotatable bonds is 2. The highest BCUT2D eigenvalue weighted by molar-refractivity contribution is 6.06. The first-order valence-electron chi connectivity index (χ1n) is 5.19. The normalized spacial score (nSPS) is 17.3. The maximum absolute atomic E-state index is 12.2. The third kappa shape index (κ3) is 2.09. The summed E-state index contributed by atoms with van der Waals surface area (Å²) in [4.78, 5) is 19.3. The lowest BCUT2D eigenvalue weighted by Gasteiger charge is -2.18. The van der Waals surface area contributed by atoms with E-state index in [1.807, 2.05) is 0 Å². The Morgan fingerprint density at radius 3 is 2.67 bits per heavy atom. The van der Waals surface area contributed by atoms with E-state index in [1.165, 1.54) is 0 Å². The molecule has 2 rings (SSSR count). The molecule has 2 heterocycles. The minimum Gasteiger partial charge on any atom is -0.361 e. The molecule has 5 nitrogen and oxygen atoms in total. The lowest BCUT2D eigenvalue weighted by atomic mass is 9.87. The maximum atomic E-state index is 12.2. The van der Waals surface area contributed by atoms with E-state index in [2.05, 4.69) is 20.6 Å². The van der Waals surface area contributed by atoms with Crippen LogP contribution in [0.1, 0.15) is 19.4 Å². The monoisotopic (exact) mass is 260 g/mol. The molecule has 1 aromatic heterocycles. The molecule has 0 saturated carbocycles. The van der Waals surface area contributed by atoms with Crippen molar-refractivity contribution in [3.05, 3.63) is 11.9 Å². The molecule has 1 aliphatic rings. The predicted molar refractivity (Wildman–Crippen MR) is 58.2 cm³/mol. The average molecular weight is 260 g/mol. The van der Waals surface area contributed by atoms with Crippen molar-refractivity contribution in [2.24, 2.45) is 0 Å². The highest BCUT2D eigenvalue weighted by atomic mass is 19.4. The number of amides is 1. The molecule has 0 atom stereocenters. The molecule has 0 bridgehead atoms. The molecule has 0 fully saturated rings. The number of hydrogen-bond acceptors (Lipinski definition) is 4. The molecule has 1 aromatic rings. The molecule has 0 aliphatic carbocycles. The molecular weight excluding hydrogens is 249 g/mol. The van der Waals surface area contributed by atoms with Crippen LogP contribution in [0, 0.1) is 0 Å². The van der Waals surface area contributed by atoms with Crippen LogP contribution in [0.25, 0.3) is 0 Å². The number of carbonyl (C=O) groups excluding carboxylic acids is 1. The van der Waals surface area contributed by atoms with Crippen LogP contribution in [0.4, 0.5) is 24.8 Å². The van der Waals surface area contributed by atoms with Gasteiger partial charge in [0.15, 0.2) is 0 Å². The van der Waals surface area contributed by atoms with Crippen molar-refractivity contribution in [1.29, 1.82) is 0 Å². The molecule has 1 amide bonds. The van der Waals surface area contributed by atoms with Gasteiger partial charge in [-0.1, -0.05) is 0 Å². The number of hydrogen-bond donors (Lipinski definition) is 2. The van der Waals surface area contributed by atoms with Crippen LogP contribution in [-0.4, -0.2) is 28.6 Å². The summed E-state index contributed by atoms with van der Waals surface area (Å²) in [5.74, 6) is -0.0293. The third-order valence-electron chi connectivity index (χ3n) is 2.73. The van der Waals surface area contributed by atoms with Gasteiger partial charge in [0, 0.05) is 0 Å². The summed E-state index contributed by atoms with van der Waals surface area (Å²) < 4.78 is 36.5. The molecule has 98 valence electrons. The number of nitrogens with one attached hydrogen (secondary N) is 2. The van der Waals surface area contributed by atoms with Crippen molar-refractivity contribution in [2.45, 2.75) is 25.4 Å². The third-order valence-corrected chi connectivity index (χ3v) is 2.73. The highest BCUT2D eigenvalue weighted by Gasteiger charge is 2.42. The number of alkyl halides is 3. The van der Waals surface area contributed by atoms with Crippen LogP contribution in [0.2, 0.25) is 0 Å². The van der Waals surface area contributed by atoms with E-state index >= 15 is 0 Å². The van der Waals surface area contributed by atoms with Gasteiger partial charge in [-0.3, -0.25) is 4.79 Å². The van der Waals surface area contributed by atoms with Gasteiger partial charge in [-0.25, -0.2) is 9.97 Å². The minimum atomic E-state index is -4.35. The Balaban J connectivity index is 2.35. The average Bonchev–Trinajstić information content (AvgIpc) is 2.47. The van der Waals surface area contributed by atoms with Crippen LogP contribution >= 0.6 is 0 Å². The van der Waals surface area contributed by atoms with Gasteiger partial charge in [-0.15, -0.1) is 0 Å². The predicted octanol–water partition coefficient (Wildman–Crippen LogP) is 1.68. The zero-order valence-electron chi connectivity index (χ0n) is 9.72. The zero-order valence-corrected chi connectivity index (χ0v) is 9.72.